The van der Waals surface area contributed by atoms with Crippen molar-refractivity contribution in [3.05, 3.63) is 95.1 Å². The van der Waals surface area contributed by atoms with E-state index in [-0.39, 0.29) is 0 Å². The van der Waals surface area contributed by atoms with Crippen molar-refractivity contribution in [1.29, 1.82) is 0 Å². The van der Waals surface area contributed by atoms with Gasteiger partial charge in [-0.05, 0) is 34.8 Å². The number of carbonyl (C=O) groups excluding carboxylic acids is 1. The maximum absolute atomic E-state index is 11.5. The fraction of sp³-hybridized carbons (Fsp3) is 0.269. The molecule has 0 fully saturated rings. The molecule has 2 unspecified atom stereocenters. The lowest BCUT2D eigenvalue weighted by Gasteiger charge is -2.24. The minimum absolute atomic E-state index is 0.353. The third-order valence-corrected chi connectivity index (χ3v) is 6.90. The average Bonchev–Trinajstić information content (AvgIpc) is 2.79. The van der Waals surface area contributed by atoms with E-state index in [9.17, 15) is 4.79 Å². The topological polar surface area (TPSA) is 38.3 Å². The van der Waals surface area contributed by atoms with Crippen molar-refractivity contribution >= 4 is 25.9 Å². The Hall–Kier alpha value is -2.48. The summed E-state index contributed by atoms with van der Waals surface area (Å²) in [6, 6.07) is 25.1. The summed E-state index contributed by atoms with van der Waals surface area (Å²) in [5.41, 5.74) is 6.18. The van der Waals surface area contributed by atoms with Crippen molar-refractivity contribution in [2.75, 3.05) is 19.2 Å². The predicted octanol–water partition coefficient (Wildman–Crippen LogP) is 5.95. The molecule has 0 radical (unpaired) electrons. The number of methoxy groups -OCH3 is 1. The first-order valence-corrected chi connectivity index (χ1v) is 11.5. The molecule has 0 saturated carbocycles. The number of rotatable bonds is 11. The van der Waals surface area contributed by atoms with Gasteiger partial charge in [-0.1, -0.05) is 94.7 Å². The van der Waals surface area contributed by atoms with Crippen molar-refractivity contribution in [3.63, 3.8) is 0 Å². The average molecular weight is 420 g/mol. The van der Waals surface area contributed by atoms with E-state index in [0.29, 0.717) is 21.0 Å². The Morgan fingerprint density at radius 2 is 1.77 bits per heavy atom. The van der Waals surface area contributed by atoms with E-state index in [4.69, 9.17) is 4.74 Å². The second-order valence-corrected chi connectivity index (χ2v) is 8.87. The molecule has 0 bridgehead atoms. The Morgan fingerprint density at radius 3 is 2.50 bits per heavy atom. The van der Waals surface area contributed by atoms with E-state index >= 15 is 0 Å². The third-order valence-electron chi connectivity index (χ3n) is 5.18. The van der Waals surface area contributed by atoms with Gasteiger partial charge in [-0.15, -0.1) is 0 Å². The molecule has 3 rings (SSSR count). The quantitative estimate of drug-likeness (QED) is 0.237. The highest BCUT2D eigenvalue weighted by Crippen LogP contribution is 2.43. The van der Waals surface area contributed by atoms with E-state index < -0.39 is 0 Å². The molecular formula is C26H30NO2P. The van der Waals surface area contributed by atoms with Gasteiger partial charge in [-0.2, -0.15) is 0 Å². The van der Waals surface area contributed by atoms with E-state index in [1.807, 2.05) is 24.3 Å². The van der Waals surface area contributed by atoms with E-state index in [0.717, 1.165) is 42.1 Å². The monoisotopic (exact) mass is 419 g/mol. The van der Waals surface area contributed by atoms with Crippen LogP contribution in [0.3, 0.4) is 0 Å². The first kappa shape index (κ1) is 22.2. The van der Waals surface area contributed by atoms with Crippen LogP contribution in [0.1, 0.15) is 52.5 Å². The van der Waals surface area contributed by atoms with Crippen LogP contribution in [0.2, 0.25) is 0 Å². The minimum Gasteiger partial charge on any atom is -0.365 e. The Labute approximate surface area is 181 Å². The molecule has 0 heterocycles. The number of anilines is 1. The molecule has 0 aliphatic rings. The number of hydrogen-bond donors (Lipinski definition) is 1. The molecule has 1 N–H and O–H groups in total. The van der Waals surface area contributed by atoms with Crippen LogP contribution < -0.4 is 10.6 Å². The third kappa shape index (κ3) is 5.78. The molecule has 0 spiro atoms. The molecule has 0 amide bonds. The standard InChI is InChI=1S/C26H30NO2P/c1-3-10-25(30-24-16-8-7-13-22(24)18-28)23-15-9-14-21(26(23)27-19-29-2)17-20-11-5-4-6-12-20/h4-9,11-16,18,25,27,30H,3,10,17,19H2,1-2H3. The van der Waals surface area contributed by atoms with Crippen LogP contribution in [0, 0.1) is 0 Å². The summed E-state index contributed by atoms with van der Waals surface area (Å²) in [5.74, 6) is 0. The zero-order valence-corrected chi connectivity index (χ0v) is 18.7. The smallest absolute Gasteiger partial charge is 0.150 e. The van der Waals surface area contributed by atoms with Crippen molar-refractivity contribution in [3.8, 4) is 0 Å². The number of aldehydes is 1. The van der Waals surface area contributed by atoms with Gasteiger partial charge in [-0.3, -0.25) is 4.79 Å². The summed E-state index contributed by atoms with van der Waals surface area (Å²) in [6.07, 6.45) is 4.00. The Balaban J connectivity index is 1.99. The first-order chi connectivity index (χ1) is 14.8. The molecule has 30 heavy (non-hydrogen) atoms. The summed E-state index contributed by atoms with van der Waals surface area (Å²) in [5, 5.41) is 4.65. The van der Waals surface area contributed by atoms with Crippen molar-refractivity contribution in [2.45, 2.75) is 31.8 Å². The van der Waals surface area contributed by atoms with Crippen LogP contribution >= 0.6 is 8.58 Å². The number of carbonyl (C=O) groups is 1. The van der Waals surface area contributed by atoms with E-state index in [1.165, 1.54) is 16.7 Å². The molecule has 2 atom stereocenters. The molecule has 0 saturated heterocycles. The molecule has 0 aliphatic heterocycles. The van der Waals surface area contributed by atoms with Gasteiger partial charge in [0.25, 0.3) is 0 Å². The molecule has 3 aromatic rings. The molecule has 0 aromatic heterocycles. The minimum atomic E-state index is 0.353. The summed E-state index contributed by atoms with van der Waals surface area (Å²) >= 11 is 0. The lowest BCUT2D eigenvalue weighted by molar-refractivity contribution is 0.112. The Kier molecular flexibility index (Phi) is 8.62. The SMILES string of the molecule is CCCC(Pc1ccccc1C=O)c1cccc(Cc2ccccc2)c1NCOC. The van der Waals surface area contributed by atoms with Crippen LogP contribution in [0.15, 0.2) is 72.8 Å². The van der Waals surface area contributed by atoms with Gasteiger partial charge in [0, 0.05) is 24.0 Å². The maximum Gasteiger partial charge on any atom is 0.150 e. The van der Waals surface area contributed by atoms with Gasteiger partial charge >= 0.3 is 0 Å². The number of nitrogens with one attached hydrogen (secondary N) is 1. The maximum atomic E-state index is 11.5. The largest absolute Gasteiger partial charge is 0.365 e. The van der Waals surface area contributed by atoms with Crippen LogP contribution in [-0.4, -0.2) is 20.1 Å². The molecule has 0 aliphatic carbocycles. The molecule has 3 nitrogen and oxygen atoms in total. The molecular weight excluding hydrogens is 389 g/mol. The number of hydrogen-bond acceptors (Lipinski definition) is 3. The van der Waals surface area contributed by atoms with Crippen molar-refractivity contribution in [1.82, 2.24) is 0 Å². The summed E-state index contributed by atoms with van der Waals surface area (Å²) in [7, 11) is 2.25. The van der Waals surface area contributed by atoms with Crippen molar-refractivity contribution in [2.24, 2.45) is 0 Å². The summed E-state index contributed by atoms with van der Waals surface area (Å²) < 4.78 is 5.35. The summed E-state index contributed by atoms with van der Waals surface area (Å²) in [6.45, 7) is 2.69. The lowest BCUT2D eigenvalue weighted by Crippen LogP contribution is -2.12. The van der Waals surface area contributed by atoms with Crippen LogP contribution in [0.4, 0.5) is 5.69 Å². The number of para-hydroxylation sites is 1. The fourth-order valence-electron chi connectivity index (χ4n) is 3.75. The van der Waals surface area contributed by atoms with Crippen LogP contribution in [0.25, 0.3) is 0 Å². The normalized spacial score (nSPS) is 12.2. The highest BCUT2D eigenvalue weighted by molar-refractivity contribution is 7.47. The van der Waals surface area contributed by atoms with Gasteiger partial charge in [0.1, 0.15) is 6.73 Å². The van der Waals surface area contributed by atoms with E-state index in [2.05, 4.69) is 60.8 Å². The van der Waals surface area contributed by atoms with Crippen molar-refractivity contribution < 1.29 is 9.53 Å². The van der Waals surface area contributed by atoms with Crippen LogP contribution in [-0.2, 0) is 11.2 Å². The second-order valence-electron chi connectivity index (χ2n) is 7.34. The molecule has 3 aromatic carbocycles. The highest BCUT2D eigenvalue weighted by Gasteiger charge is 2.19. The molecule has 156 valence electrons. The predicted molar refractivity (Wildman–Crippen MR) is 129 cm³/mol. The zero-order valence-electron chi connectivity index (χ0n) is 17.7. The van der Waals surface area contributed by atoms with Crippen LogP contribution in [0.5, 0.6) is 0 Å². The fourth-order valence-corrected chi connectivity index (χ4v) is 5.45. The van der Waals surface area contributed by atoms with E-state index in [1.54, 1.807) is 7.11 Å². The Morgan fingerprint density at radius 1 is 1.00 bits per heavy atom. The molecule has 4 heteroatoms. The first-order valence-electron chi connectivity index (χ1n) is 10.5. The number of ether oxygens (including phenoxy) is 1. The second kappa shape index (κ2) is 11.6. The number of benzene rings is 3. The van der Waals surface area contributed by atoms with Gasteiger partial charge < -0.3 is 10.1 Å². The Bertz CT molecular complexity index is 943. The zero-order chi connectivity index (χ0) is 21.2. The van der Waals surface area contributed by atoms with Gasteiger partial charge in [0.2, 0.25) is 0 Å². The van der Waals surface area contributed by atoms with Gasteiger partial charge in [0.05, 0.1) is 0 Å². The lowest BCUT2D eigenvalue weighted by atomic mass is 9.97. The van der Waals surface area contributed by atoms with Gasteiger partial charge in [-0.25, -0.2) is 0 Å². The van der Waals surface area contributed by atoms with Gasteiger partial charge in [0.15, 0.2) is 6.29 Å². The highest BCUT2D eigenvalue weighted by atomic mass is 31.1. The summed E-state index contributed by atoms with van der Waals surface area (Å²) in [4.78, 5) is 11.5.